The molecule has 1 N–H and O–H groups in total. The van der Waals surface area contributed by atoms with Gasteiger partial charge in [0, 0.05) is 19.6 Å². The molecule has 19 heavy (non-hydrogen) atoms. The van der Waals surface area contributed by atoms with Crippen molar-refractivity contribution >= 4 is 39.3 Å². The van der Waals surface area contributed by atoms with Gasteiger partial charge in [-0.15, -0.1) is 0 Å². The van der Waals surface area contributed by atoms with Gasteiger partial charge in [0.1, 0.15) is 22.4 Å². The molecule has 0 aromatic carbocycles. The Kier molecular flexibility index (Phi) is 7.53. The highest BCUT2D eigenvalue weighted by Crippen LogP contribution is 2.30. The highest BCUT2D eigenvalue weighted by Gasteiger charge is 2.16. The number of anilines is 2. The van der Waals surface area contributed by atoms with E-state index in [9.17, 15) is 0 Å². The number of hydrogen-bond acceptors (Lipinski definition) is 5. The molecule has 0 spiro atoms. The van der Waals surface area contributed by atoms with E-state index < -0.39 is 0 Å². The zero-order valence-corrected chi connectivity index (χ0v) is 14.5. The van der Waals surface area contributed by atoms with Crippen molar-refractivity contribution in [3.63, 3.8) is 0 Å². The number of rotatable bonds is 8. The lowest BCUT2D eigenvalue weighted by atomic mass is 10.2. The third-order valence-corrected chi connectivity index (χ3v) is 4.42. The lowest BCUT2D eigenvalue weighted by Crippen LogP contribution is -2.30. The third kappa shape index (κ3) is 4.84. The molecule has 1 atom stereocenters. The molecule has 0 saturated heterocycles. The summed E-state index contributed by atoms with van der Waals surface area (Å²) in [6.45, 7) is 5.28. The van der Waals surface area contributed by atoms with Crippen molar-refractivity contribution in [2.24, 2.45) is 0 Å². The molecule has 0 aliphatic rings. The van der Waals surface area contributed by atoms with Gasteiger partial charge in [-0.2, -0.15) is 11.8 Å². The van der Waals surface area contributed by atoms with E-state index in [4.69, 9.17) is 0 Å². The summed E-state index contributed by atoms with van der Waals surface area (Å²) in [5, 5.41) is 3.31. The molecular weight excluding hydrogens is 324 g/mol. The SMILES string of the molecule is CCCNc1ncnc(N(C)C(C)CCSC)c1Br. The van der Waals surface area contributed by atoms with Crippen LogP contribution in [0.1, 0.15) is 26.7 Å². The van der Waals surface area contributed by atoms with Gasteiger partial charge in [-0.3, -0.25) is 0 Å². The molecule has 0 amide bonds. The van der Waals surface area contributed by atoms with Crippen LogP contribution in [0, 0.1) is 0 Å². The highest BCUT2D eigenvalue weighted by atomic mass is 79.9. The van der Waals surface area contributed by atoms with E-state index in [0.29, 0.717) is 6.04 Å². The van der Waals surface area contributed by atoms with Crippen LogP contribution in [0.3, 0.4) is 0 Å². The lowest BCUT2D eigenvalue weighted by molar-refractivity contribution is 0.660. The van der Waals surface area contributed by atoms with Crippen molar-refractivity contribution in [2.45, 2.75) is 32.7 Å². The normalized spacial score (nSPS) is 12.3. The fourth-order valence-corrected chi connectivity index (χ4v) is 2.87. The van der Waals surface area contributed by atoms with Gasteiger partial charge < -0.3 is 10.2 Å². The minimum Gasteiger partial charge on any atom is -0.369 e. The van der Waals surface area contributed by atoms with Crippen LogP contribution in [-0.4, -0.2) is 41.6 Å². The Bertz CT molecular complexity index is 389. The maximum Gasteiger partial charge on any atom is 0.148 e. The molecule has 0 aliphatic heterocycles. The minimum atomic E-state index is 0.456. The van der Waals surface area contributed by atoms with Gasteiger partial charge in [-0.05, 0) is 47.7 Å². The van der Waals surface area contributed by atoms with E-state index in [0.717, 1.165) is 41.2 Å². The van der Waals surface area contributed by atoms with Gasteiger partial charge in [0.05, 0.1) is 0 Å². The lowest BCUT2D eigenvalue weighted by Gasteiger charge is -2.27. The first-order valence-corrected chi connectivity index (χ1v) is 8.76. The predicted molar refractivity (Wildman–Crippen MR) is 89.4 cm³/mol. The summed E-state index contributed by atoms with van der Waals surface area (Å²) < 4.78 is 0.946. The number of hydrogen-bond donors (Lipinski definition) is 1. The molecule has 1 heterocycles. The van der Waals surface area contributed by atoms with Gasteiger partial charge in [0.2, 0.25) is 0 Å². The predicted octanol–water partition coefficient (Wildman–Crippen LogP) is 3.64. The van der Waals surface area contributed by atoms with Crippen molar-refractivity contribution < 1.29 is 0 Å². The van der Waals surface area contributed by atoms with Crippen LogP contribution >= 0.6 is 27.7 Å². The van der Waals surface area contributed by atoms with Crippen LogP contribution in [-0.2, 0) is 0 Å². The molecule has 1 aromatic rings. The molecule has 0 bridgehead atoms. The van der Waals surface area contributed by atoms with Crippen molar-refractivity contribution in [1.29, 1.82) is 0 Å². The van der Waals surface area contributed by atoms with Crippen LogP contribution < -0.4 is 10.2 Å². The average Bonchev–Trinajstić information content (AvgIpc) is 2.43. The topological polar surface area (TPSA) is 41.1 Å². The number of halogens is 1. The van der Waals surface area contributed by atoms with Crippen LogP contribution in [0.2, 0.25) is 0 Å². The van der Waals surface area contributed by atoms with Gasteiger partial charge in [-0.25, -0.2) is 9.97 Å². The van der Waals surface area contributed by atoms with Crippen molar-refractivity contribution in [3.8, 4) is 0 Å². The Morgan fingerprint density at radius 2 is 2.21 bits per heavy atom. The summed E-state index contributed by atoms with van der Waals surface area (Å²) in [5.41, 5.74) is 0. The summed E-state index contributed by atoms with van der Waals surface area (Å²) in [6.07, 6.45) is 5.98. The second kappa shape index (κ2) is 8.64. The molecule has 1 unspecified atom stereocenters. The molecule has 0 fully saturated rings. The molecule has 4 nitrogen and oxygen atoms in total. The minimum absolute atomic E-state index is 0.456. The van der Waals surface area contributed by atoms with E-state index in [1.165, 1.54) is 0 Å². The Labute approximate surface area is 128 Å². The largest absolute Gasteiger partial charge is 0.369 e. The zero-order chi connectivity index (χ0) is 14.3. The van der Waals surface area contributed by atoms with Crippen molar-refractivity contribution in [1.82, 2.24) is 9.97 Å². The Morgan fingerprint density at radius 3 is 2.84 bits per heavy atom. The summed E-state index contributed by atoms with van der Waals surface area (Å²) in [4.78, 5) is 10.9. The van der Waals surface area contributed by atoms with Crippen LogP contribution in [0.15, 0.2) is 10.8 Å². The van der Waals surface area contributed by atoms with Gasteiger partial charge in [0.25, 0.3) is 0 Å². The standard InChI is InChI=1S/C13H23BrN4S/c1-5-7-15-12-11(14)13(17-9-16-12)18(3)10(2)6-8-19-4/h9-10H,5-8H2,1-4H3,(H,15,16,17). The molecule has 1 aromatic heterocycles. The molecular formula is C13H23BrN4S. The smallest absolute Gasteiger partial charge is 0.148 e. The van der Waals surface area contributed by atoms with E-state index in [1.54, 1.807) is 6.33 Å². The molecule has 0 aliphatic carbocycles. The van der Waals surface area contributed by atoms with E-state index >= 15 is 0 Å². The summed E-state index contributed by atoms with van der Waals surface area (Å²) in [6, 6.07) is 0.456. The quantitative estimate of drug-likeness (QED) is 0.778. The molecule has 0 radical (unpaired) electrons. The Balaban J connectivity index is 2.81. The van der Waals surface area contributed by atoms with Gasteiger partial charge >= 0.3 is 0 Å². The molecule has 1 rings (SSSR count). The van der Waals surface area contributed by atoms with E-state index in [2.05, 4.69) is 63.3 Å². The van der Waals surface area contributed by atoms with Gasteiger partial charge in [-0.1, -0.05) is 6.92 Å². The summed E-state index contributed by atoms with van der Waals surface area (Å²) >= 11 is 5.49. The molecule has 108 valence electrons. The summed E-state index contributed by atoms with van der Waals surface area (Å²) in [5.74, 6) is 2.98. The first-order chi connectivity index (χ1) is 9.11. The Morgan fingerprint density at radius 1 is 1.47 bits per heavy atom. The second-order valence-electron chi connectivity index (χ2n) is 4.53. The number of thioether (sulfide) groups is 1. The van der Waals surface area contributed by atoms with E-state index in [1.807, 2.05) is 11.8 Å². The van der Waals surface area contributed by atoms with Crippen LogP contribution in [0.25, 0.3) is 0 Å². The molecule has 6 heteroatoms. The first kappa shape index (κ1) is 16.6. The Hall–Kier alpha value is -0.490. The zero-order valence-electron chi connectivity index (χ0n) is 12.1. The second-order valence-corrected chi connectivity index (χ2v) is 6.31. The van der Waals surface area contributed by atoms with Gasteiger partial charge in [0.15, 0.2) is 0 Å². The number of nitrogens with one attached hydrogen (secondary N) is 1. The third-order valence-electron chi connectivity index (χ3n) is 3.05. The maximum absolute atomic E-state index is 4.40. The van der Waals surface area contributed by atoms with Crippen molar-refractivity contribution in [3.05, 3.63) is 10.8 Å². The number of nitrogens with zero attached hydrogens (tertiary/aromatic N) is 3. The number of aromatic nitrogens is 2. The van der Waals surface area contributed by atoms with Crippen LogP contribution in [0.4, 0.5) is 11.6 Å². The monoisotopic (exact) mass is 346 g/mol. The summed E-state index contributed by atoms with van der Waals surface area (Å²) in [7, 11) is 2.09. The van der Waals surface area contributed by atoms with Crippen molar-refractivity contribution in [2.75, 3.05) is 35.8 Å². The maximum atomic E-state index is 4.40. The average molecular weight is 347 g/mol. The first-order valence-electron chi connectivity index (χ1n) is 6.57. The fourth-order valence-electron chi connectivity index (χ4n) is 1.66. The van der Waals surface area contributed by atoms with E-state index in [-0.39, 0.29) is 0 Å². The van der Waals surface area contributed by atoms with Crippen LogP contribution in [0.5, 0.6) is 0 Å². The molecule has 0 saturated carbocycles. The highest BCUT2D eigenvalue weighted by molar-refractivity contribution is 9.10. The fraction of sp³-hybridized carbons (Fsp3) is 0.692.